The molecular formula is C26H31NO7S. The van der Waals surface area contributed by atoms with Crippen molar-refractivity contribution in [1.29, 1.82) is 0 Å². The highest BCUT2D eigenvalue weighted by molar-refractivity contribution is 7.89. The van der Waals surface area contributed by atoms with Gasteiger partial charge in [-0.05, 0) is 49.6 Å². The monoisotopic (exact) mass is 501 g/mol. The molecule has 4 rings (SSSR count). The second kappa shape index (κ2) is 9.91. The Morgan fingerprint density at radius 3 is 2.43 bits per heavy atom. The van der Waals surface area contributed by atoms with Crippen LogP contribution in [0.2, 0.25) is 0 Å². The third-order valence-corrected chi connectivity index (χ3v) is 8.94. The van der Waals surface area contributed by atoms with Crippen LogP contribution in [0.15, 0.2) is 59.5 Å². The highest BCUT2D eigenvalue weighted by atomic mass is 32.2. The lowest BCUT2D eigenvalue weighted by molar-refractivity contribution is 0.0549. The first kappa shape index (κ1) is 25.1. The number of hydrogen-bond acceptors (Lipinski definition) is 7. The Bertz CT molecular complexity index is 1210. The maximum absolute atomic E-state index is 13.9. The van der Waals surface area contributed by atoms with Crippen LogP contribution < -0.4 is 9.47 Å². The first-order valence-corrected chi connectivity index (χ1v) is 12.9. The lowest BCUT2D eigenvalue weighted by Crippen LogP contribution is -2.47. The van der Waals surface area contributed by atoms with Crippen LogP contribution in [0.5, 0.6) is 11.5 Å². The molecular weight excluding hydrogens is 470 g/mol. The second-order valence-electron chi connectivity index (χ2n) is 8.85. The summed E-state index contributed by atoms with van der Waals surface area (Å²) in [5.41, 5.74) is 1.12. The number of nitrogens with zero attached hydrogens (tertiary/aromatic N) is 1. The molecule has 3 atom stereocenters. The van der Waals surface area contributed by atoms with Crippen LogP contribution in [-0.2, 0) is 24.9 Å². The topological polar surface area (TPSA) is 91.4 Å². The van der Waals surface area contributed by atoms with Crippen LogP contribution >= 0.6 is 0 Å². The minimum atomic E-state index is -3.81. The van der Waals surface area contributed by atoms with Crippen molar-refractivity contribution in [1.82, 2.24) is 4.31 Å². The van der Waals surface area contributed by atoms with E-state index in [1.54, 1.807) is 42.8 Å². The van der Waals surface area contributed by atoms with Gasteiger partial charge in [-0.1, -0.05) is 35.9 Å². The quantitative estimate of drug-likeness (QED) is 0.417. The second-order valence-corrected chi connectivity index (χ2v) is 10.7. The van der Waals surface area contributed by atoms with Gasteiger partial charge in [-0.25, -0.2) is 13.2 Å². The number of benzene rings is 2. The standard InChI is InChI=1S/C26H31NO7S/c1-18-8-11-21(12-9-18)35(29,30)27-16-20(17-34-25(28)33-4)26(14-6-5-7-24(26)27)19-10-13-22(31-2)23(15-19)32-3/h6,8-15,20,24H,5,7,16-17H2,1-4H3/t20-,24+,26-/m1/s1. The van der Waals surface area contributed by atoms with Gasteiger partial charge in [-0.3, -0.25) is 0 Å². The minimum absolute atomic E-state index is 0.00176. The van der Waals surface area contributed by atoms with Crippen molar-refractivity contribution in [3.05, 3.63) is 65.7 Å². The van der Waals surface area contributed by atoms with Crippen molar-refractivity contribution in [2.45, 2.75) is 36.1 Å². The summed E-state index contributed by atoms with van der Waals surface area (Å²) in [6, 6.07) is 12.1. The zero-order valence-electron chi connectivity index (χ0n) is 20.4. The summed E-state index contributed by atoms with van der Waals surface area (Å²) in [6.07, 6.45) is 4.71. The molecule has 9 heteroatoms. The molecule has 0 bridgehead atoms. The Labute approximate surface area is 206 Å². The zero-order chi connectivity index (χ0) is 25.2. The SMILES string of the molecule is COC(=O)OC[C@H]1CN(S(=O)(=O)c2ccc(C)cc2)[C@H]2CCC=C[C@@]12c1ccc(OC)c(OC)c1. The molecule has 0 amide bonds. The molecule has 0 N–H and O–H groups in total. The number of ether oxygens (including phenoxy) is 4. The van der Waals surface area contributed by atoms with E-state index in [0.717, 1.165) is 17.5 Å². The van der Waals surface area contributed by atoms with E-state index in [1.807, 2.05) is 25.1 Å². The number of carbonyl (C=O) groups excluding carboxylic acids is 1. The molecule has 2 aromatic carbocycles. The lowest BCUT2D eigenvalue weighted by Gasteiger charge is -2.41. The minimum Gasteiger partial charge on any atom is -0.493 e. The predicted molar refractivity (Wildman–Crippen MR) is 130 cm³/mol. The van der Waals surface area contributed by atoms with Crippen molar-refractivity contribution < 1.29 is 32.2 Å². The van der Waals surface area contributed by atoms with Gasteiger partial charge in [0.25, 0.3) is 0 Å². The van der Waals surface area contributed by atoms with Crippen molar-refractivity contribution in [3.8, 4) is 11.5 Å². The third kappa shape index (κ3) is 4.38. The summed E-state index contributed by atoms with van der Waals surface area (Å²) in [5.74, 6) is 0.777. The van der Waals surface area contributed by atoms with Crippen LogP contribution in [0.1, 0.15) is 24.0 Å². The molecule has 0 radical (unpaired) electrons. The number of rotatable bonds is 7. The third-order valence-electron chi connectivity index (χ3n) is 7.06. The number of fused-ring (bicyclic) bond motifs is 1. The fraction of sp³-hybridized carbons (Fsp3) is 0.423. The molecule has 8 nitrogen and oxygen atoms in total. The predicted octanol–water partition coefficient (Wildman–Crippen LogP) is 4.07. The summed E-state index contributed by atoms with van der Waals surface area (Å²) < 4.78 is 50.3. The molecule has 0 spiro atoms. The van der Waals surface area contributed by atoms with Gasteiger partial charge >= 0.3 is 6.16 Å². The molecule has 1 heterocycles. The van der Waals surface area contributed by atoms with Crippen molar-refractivity contribution >= 4 is 16.2 Å². The molecule has 1 saturated heterocycles. The van der Waals surface area contributed by atoms with Crippen molar-refractivity contribution in [2.24, 2.45) is 5.92 Å². The van der Waals surface area contributed by atoms with E-state index in [9.17, 15) is 13.2 Å². The Balaban J connectivity index is 1.85. The van der Waals surface area contributed by atoms with E-state index in [0.29, 0.717) is 17.9 Å². The van der Waals surface area contributed by atoms with Gasteiger partial charge in [0.1, 0.15) is 6.61 Å². The van der Waals surface area contributed by atoms with Gasteiger partial charge in [0.15, 0.2) is 11.5 Å². The fourth-order valence-electron chi connectivity index (χ4n) is 5.33. The van der Waals surface area contributed by atoms with E-state index in [-0.39, 0.29) is 30.0 Å². The number of hydrogen-bond donors (Lipinski definition) is 0. The van der Waals surface area contributed by atoms with Gasteiger partial charge in [0, 0.05) is 23.9 Å². The molecule has 1 aliphatic carbocycles. The van der Waals surface area contributed by atoms with Crippen LogP contribution in [0.3, 0.4) is 0 Å². The van der Waals surface area contributed by atoms with Gasteiger partial charge in [0.2, 0.25) is 10.0 Å². The van der Waals surface area contributed by atoms with E-state index >= 15 is 0 Å². The average molecular weight is 502 g/mol. The Kier molecular flexibility index (Phi) is 7.10. The van der Waals surface area contributed by atoms with Gasteiger partial charge in [-0.2, -0.15) is 4.31 Å². The summed E-state index contributed by atoms with van der Waals surface area (Å²) in [4.78, 5) is 12.1. The van der Waals surface area contributed by atoms with Crippen LogP contribution in [-0.4, -0.2) is 59.4 Å². The molecule has 188 valence electrons. The number of aryl methyl sites for hydroxylation is 1. The smallest absolute Gasteiger partial charge is 0.493 e. The summed E-state index contributed by atoms with van der Waals surface area (Å²) in [6.45, 7) is 2.11. The molecule has 0 aromatic heterocycles. The number of carbonyl (C=O) groups is 1. The first-order valence-electron chi connectivity index (χ1n) is 11.5. The van der Waals surface area contributed by atoms with Crippen LogP contribution in [0.25, 0.3) is 0 Å². The first-order chi connectivity index (χ1) is 16.8. The van der Waals surface area contributed by atoms with Crippen molar-refractivity contribution in [3.63, 3.8) is 0 Å². The van der Waals surface area contributed by atoms with E-state index in [4.69, 9.17) is 14.2 Å². The van der Waals surface area contributed by atoms with E-state index < -0.39 is 21.6 Å². The van der Waals surface area contributed by atoms with Gasteiger partial charge in [0.05, 0.1) is 26.2 Å². The highest BCUT2D eigenvalue weighted by Crippen LogP contribution is 2.52. The molecule has 2 aromatic rings. The molecule has 35 heavy (non-hydrogen) atoms. The zero-order valence-corrected chi connectivity index (χ0v) is 21.2. The van der Waals surface area contributed by atoms with E-state index in [2.05, 4.69) is 16.9 Å². The molecule has 2 aliphatic rings. The Hall–Kier alpha value is -3.04. The van der Waals surface area contributed by atoms with Crippen molar-refractivity contribution in [2.75, 3.05) is 34.5 Å². The summed E-state index contributed by atoms with van der Waals surface area (Å²) in [5, 5.41) is 0. The van der Waals surface area contributed by atoms with Gasteiger partial charge in [-0.15, -0.1) is 0 Å². The van der Waals surface area contributed by atoms with E-state index in [1.165, 1.54) is 7.11 Å². The maximum atomic E-state index is 13.9. The fourth-order valence-corrected chi connectivity index (χ4v) is 7.07. The maximum Gasteiger partial charge on any atom is 0.507 e. The highest BCUT2D eigenvalue weighted by Gasteiger charge is 2.58. The largest absolute Gasteiger partial charge is 0.507 e. The normalized spacial score (nSPS) is 24.0. The molecule has 1 aliphatic heterocycles. The van der Waals surface area contributed by atoms with Crippen LogP contribution in [0.4, 0.5) is 4.79 Å². The molecule has 1 fully saturated rings. The number of sulfonamides is 1. The lowest BCUT2D eigenvalue weighted by atomic mass is 9.65. The number of allylic oxidation sites excluding steroid dienone is 1. The molecule has 0 saturated carbocycles. The van der Waals surface area contributed by atoms with Gasteiger partial charge < -0.3 is 18.9 Å². The number of methoxy groups -OCH3 is 3. The average Bonchev–Trinajstić information content (AvgIpc) is 3.23. The van der Waals surface area contributed by atoms with Crippen LogP contribution in [0, 0.1) is 12.8 Å². The Morgan fingerprint density at radius 2 is 1.77 bits per heavy atom. The summed E-state index contributed by atoms with van der Waals surface area (Å²) in [7, 11) is 0.573. The Morgan fingerprint density at radius 1 is 1.06 bits per heavy atom. The molecule has 0 unspecified atom stereocenters. The summed E-state index contributed by atoms with van der Waals surface area (Å²) >= 11 is 0.